The minimum atomic E-state index is 0.586. The number of rotatable bonds is 9. The standard InChI is InChI=1S/C69H45N5/c1-4-20-46(21-5-1)49-26-18-27-50(42-49)51-28-19-29-52(43-51)60-45-54(39-41-66(60)74-63-36-16-12-32-57(63)58-33-13-17-37-64(58)74)69-71-67(48-24-8-3-9-25-48)70-68(72-69)53-38-40-65(59(44-53)47-22-6-2-7-23-47)73-61-34-14-10-30-55(61)56-31-11-15-35-62(56)73/h1-45H. The van der Waals surface area contributed by atoms with E-state index in [1.54, 1.807) is 0 Å². The van der Waals surface area contributed by atoms with Gasteiger partial charge in [0.1, 0.15) is 0 Å². The van der Waals surface area contributed by atoms with Crippen LogP contribution < -0.4 is 0 Å². The molecule has 0 unspecified atom stereocenters. The first-order chi connectivity index (χ1) is 36.7. The van der Waals surface area contributed by atoms with Crippen LogP contribution in [0.25, 0.3) is 134 Å². The Morgan fingerprint density at radius 2 is 0.514 bits per heavy atom. The zero-order valence-corrected chi connectivity index (χ0v) is 40.2. The molecule has 0 aliphatic rings. The Kier molecular flexibility index (Phi) is 10.4. The fourth-order valence-corrected chi connectivity index (χ4v) is 10.9. The molecule has 0 bridgehead atoms. The van der Waals surface area contributed by atoms with Crippen LogP contribution in [0.2, 0.25) is 0 Å². The molecule has 0 atom stereocenters. The minimum absolute atomic E-state index is 0.586. The van der Waals surface area contributed by atoms with Gasteiger partial charge in [-0.2, -0.15) is 0 Å². The normalized spacial score (nSPS) is 11.5. The lowest BCUT2D eigenvalue weighted by Gasteiger charge is -2.17. The highest BCUT2D eigenvalue weighted by Crippen LogP contribution is 2.41. The third kappa shape index (κ3) is 7.46. The first-order valence-electron chi connectivity index (χ1n) is 25.1. The molecule has 0 aliphatic carbocycles. The van der Waals surface area contributed by atoms with Gasteiger partial charge in [0.15, 0.2) is 17.5 Å². The molecule has 0 aliphatic heterocycles. The van der Waals surface area contributed by atoms with E-state index < -0.39 is 0 Å². The van der Waals surface area contributed by atoms with Crippen molar-refractivity contribution in [2.75, 3.05) is 0 Å². The van der Waals surface area contributed by atoms with E-state index in [0.717, 1.165) is 83.5 Å². The van der Waals surface area contributed by atoms with Crippen molar-refractivity contribution in [2.24, 2.45) is 0 Å². The summed E-state index contributed by atoms with van der Waals surface area (Å²) in [6.45, 7) is 0. The predicted octanol–water partition coefficient (Wildman–Crippen LogP) is 17.7. The lowest BCUT2D eigenvalue weighted by atomic mass is 9.94. The summed E-state index contributed by atoms with van der Waals surface area (Å²) in [6.07, 6.45) is 0. The molecule has 0 saturated heterocycles. The molecule has 0 amide bonds. The second-order valence-corrected chi connectivity index (χ2v) is 18.8. The molecule has 14 rings (SSSR count). The van der Waals surface area contributed by atoms with Crippen LogP contribution in [0.1, 0.15) is 0 Å². The minimum Gasteiger partial charge on any atom is -0.309 e. The summed E-state index contributed by atoms with van der Waals surface area (Å²) in [7, 11) is 0. The third-order valence-corrected chi connectivity index (χ3v) is 14.4. The molecule has 11 aromatic carbocycles. The molecule has 74 heavy (non-hydrogen) atoms. The summed E-state index contributed by atoms with van der Waals surface area (Å²) >= 11 is 0. The molecule has 3 aromatic heterocycles. The molecule has 0 N–H and O–H groups in total. The van der Waals surface area contributed by atoms with Crippen molar-refractivity contribution in [3.8, 4) is 90.0 Å². The van der Waals surface area contributed by atoms with Crippen molar-refractivity contribution in [3.63, 3.8) is 0 Å². The van der Waals surface area contributed by atoms with Gasteiger partial charge in [0, 0.05) is 49.4 Å². The van der Waals surface area contributed by atoms with Crippen molar-refractivity contribution in [3.05, 3.63) is 273 Å². The van der Waals surface area contributed by atoms with Crippen LogP contribution in [-0.2, 0) is 0 Å². The van der Waals surface area contributed by atoms with Crippen LogP contribution in [0.3, 0.4) is 0 Å². The maximum atomic E-state index is 5.42. The van der Waals surface area contributed by atoms with Crippen LogP contribution in [0.4, 0.5) is 0 Å². The SMILES string of the molecule is c1ccc(-c2cccc(-c3cccc(-c4cc(-c5nc(-c6ccccc6)nc(-c6ccc(-n7c8ccccc8c8ccccc87)c(-c7ccccc7)c6)n5)ccc4-n4c5ccccc5c5ccccc54)c3)c2)cc1. The van der Waals surface area contributed by atoms with E-state index in [-0.39, 0.29) is 0 Å². The lowest BCUT2D eigenvalue weighted by molar-refractivity contribution is 1.07. The first kappa shape index (κ1) is 42.9. The summed E-state index contributed by atoms with van der Waals surface area (Å²) in [6, 6.07) is 97.2. The summed E-state index contributed by atoms with van der Waals surface area (Å²) in [5.41, 5.74) is 18.4. The maximum Gasteiger partial charge on any atom is 0.164 e. The first-order valence-corrected chi connectivity index (χ1v) is 25.1. The Balaban J connectivity index is 0.975. The van der Waals surface area contributed by atoms with E-state index in [4.69, 9.17) is 15.0 Å². The van der Waals surface area contributed by atoms with E-state index in [9.17, 15) is 0 Å². The highest BCUT2D eigenvalue weighted by Gasteiger charge is 2.21. The number of para-hydroxylation sites is 4. The van der Waals surface area contributed by atoms with Gasteiger partial charge < -0.3 is 9.13 Å². The number of fused-ring (bicyclic) bond motifs is 6. The lowest BCUT2D eigenvalue weighted by Crippen LogP contribution is -2.03. The second-order valence-electron chi connectivity index (χ2n) is 18.8. The van der Waals surface area contributed by atoms with Crippen LogP contribution in [0, 0.1) is 0 Å². The smallest absolute Gasteiger partial charge is 0.164 e. The number of benzene rings is 11. The summed E-state index contributed by atoms with van der Waals surface area (Å²) in [5, 5.41) is 4.85. The van der Waals surface area contributed by atoms with Gasteiger partial charge in [-0.05, 0) is 106 Å². The van der Waals surface area contributed by atoms with E-state index >= 15 is 0 Å². The monoisotopic (exact) mass is 943 g/mol. The van der Waals surface area contributed by atoms with E-state index in [2.05, 4.69) is 264 Å². The van der Waals surface area contributed by atoms with Crippen molar-refractivity contribution in [1.82, 2.24) is 24.1 Å². The molecule has 3 heterocycles. The van der Waals surface area contributed by atoms with Crippen LogP contribution in [0.5, 0.6) is 0 Å². The van der Waals surface area contributed by atoms with Gasteiger partial charge in [0.05, 0.1) is 33.4 Å². The Bertz CT molecular complexity index is 4310. The summed E-state index contributed by atoms with van der Waals surface area (Å²) in [5.74, 6) is 1.78. The largest absolute Gasteiger partial charge is 0.309 e. The van der Waals surface area contributed by atoms with E-state index in [1.807, 2.05) is 18.2 Å². The van der Waals surface area contributed by atoms with Crippen molar-refractivity contribution < 1.29 is 0 Å². The van der Waals surface area contributed by atoms with Crippen molar-refractivity contribution >= 4 is 43.6 Å². The van der Waals surface area contributed by atoms with Crippen LogP contribution in [-0.4, -0.2) is 24.1 Å². The molecule has 5 nitrogen and oxygen atoms in total. The third-order valence-electron chi connectivity index (χ3n) is 14.4. The Labute approximate surface area is 428 Å². The summed E-state index contributed by atoms with van der Waals surface area (Å²) in [4.78, 5) is 16.0. The van der Waals surface area contributed by atoms with Gasteiger partial charge in [-0.1, -0.05) is 200 Å². The van der Waals surface area contributed by atoms with Gasteiger partial charge in [0.2, 0.25) is 0 Å². The summed E-state index contributed by atoms with van der Waals surface area (Å²) < 4.78 is 4.80. The van der Waals surface area contributed by atoms with Gasteiger partial charge in [-0.15, -0.1) is 0 Å². The molecule has 346 valence electrons. The molecular formula is C69H45N5. The van der Waals surface area contributed by atoms with E-state index in [0.29, 0.717) is 17.5 Å². The van der Waals surface area contributed by atoms with Crippen LogP contribution in [0.15, 0.2) is 273 Å². The average molecular weight is 944 g/mol. The van der Waals surface area contributed by atoms with Crippen molar-refractivity contribution in [1.29, 1.82) is 0 Å². The molecule has 0 radical (unpaired) electrons. The fourth-order valence-electron chi connectivity index (χ4n) is 10.9. The highest BCUT2D eigenvalue weighted by molar-refractivity contribution is 6.11. The number of hydrogen-bond donors (Lipinski definition) is 0. The Morgan fingerprint density at radius 1 is 0.203 bits per heavy atom. The average Bonchev–Trinajstić information content (AvgIpc) is 4.00. The predicted molar refractivity (Wildman–Crippen MR) is 307 cm³/mol. The Hall–Kier alpha value is -9.97. The molecule has 0 saturated carbocycles. The highest BCUT2D eigenvalue weighted by atomic mass is 15.0. The molecule has 5 heteroatoms. The molecule has 0 fully saturated rings. The zero-order chi connectivity index (χ0) is 49.0. The van der Waals surface area contributed by atoms with E-state index in [1.165, 1.54) is 32.7 Å². The topological polar surface area (TPSA) is 48.5 Å². The second kappa shape index (κ2) is 18.0. The molecular weight excluding hydrogens is 899 g/mol. The fraction of sp³-hybridized carbons (Fsp3) is 0. The number of aromatic nitrogens is 5. The maximum absolute atomic E-state index is 5.42. The van der Waals surface area contributed by atoms with Crippen molar-refractivity contribution in [2.45, 2.75) is 0 Å². The number of hydrogen-bond acceptors (Lipinski definition) is 3. The van der Waals surface area contributed by atoms with Gasteiger partial charge >= 0.3 is 0 Å². The quantitative estimate of drug-likeness (QED) is 0.145. The van der Waals surface area contributed by atoms with Gasteiger partial charge in [-0.25, -0.2) is 15.0 Å². The number of nitrogens with zero attached hydrogens (tertiary/aromatic N) is 5. The molecule has 0 spiro atoms. The van der Waals surface area contributed by atoms with Gasteiger partial charge in [0.25, 0.3) is 0 Å². The van der Waals surface area contributed by atoms with Crippen LogP contribution >= 0.6 is 0 Å². The zero-order valence-electron chi connectivity index (χ0n) is 40.2. The van der Waals surface area contributed by atoms with Gasteiger partial charge in [-0.3, -0.25) is 0 Å². The molecule has 14 aromatic rings. The Morgan fingerprint density at radius 3 is 0.959 bits per heavy atom.